The number of nitrogens with zero attached hydrogens (tertiary/aromatic N) is 2. The first-order chi connectivity index (χ1) is 9.89. The van der Waals surface area contributed by atoms with Crippen LogP contribution in [0.5, 0.6) is 0 Å². The fourth-order valence-electron chi connectivity index (χ4n) is 2.35. The summed E-state index contributed by atoms with van der Waals surface area (Å²) in [7, 11) is -3.58. The fraction of sp³-hybridized carbons (Fsp3) is 0.500. The molecule has 1 atom stereocenters. The van der Waals surface area contributed by atoms with Crippen LogP contribution in [0.4, 0.5) is 10.6 Å². The zero-order valence-electron chi connectivity index (χ0n) is 11.5. The van der Waals surface area contributed by atoms with Crippen molar-refractivity contribution in [1.82, 2.24) is 14.6 Å². The van der Waals surface area contributed by atoms with E-state index in [0.717, 1.165) is 12.8 Å². The number of aromatic nitrogens is 1. The quantitative estimate of drug-likeness (QED) is 0.704. The molecule has 0 bridgehead atoms. The molecule has 1 unspecified atom stereocenters. The topological polar surface area (TPSA) is 131 Å². The van der Waals surface area contributed by atoms with Crippen LogP contribution >= 0.6 is 0 Å². The maximum atomic E-state index is 12.5. The first-order valence-electron chi connectivity index (χ1n) is 6.64. The molecular formula is C12H19N5O3S. The van der Waals surface area contributed by atoms with Crippen LogP contribution in [-0.2, 0) is 10.0 Å². The molecule has 1 aliphatic heterocycles. The van der Waals surface area contributed by atoms with Crippen molar-refractivity contribution in [2.24, 2.45) is 11.7 Å². The van der Waals surface area contributed by atoms with Crippen molar-refractivity contribution in [3.05, 3.63) is 18.3 Å². The monoisotopic (exact) mass is 313 g/mol. The molecule has 1 saturated heterocycles. The minimum atomic E-state index is -3.58. The molecule has 2 heterocycles. The van der Waals surface area contributed by atoms with Gasteiger partial charge in [-0.25, -0.2) is 18.2 Å². The second-order valence-electron chi connectivity index (χ2n) is 5.04. The number of carbonyl (C=O) groups excluding carboxylic acids is 1. The highest BCUT2D eigenvalue weighted by molar-refractivity contribution is 7.89. The van der Waals surface area contributed by atoms with E-state index in [1.54, 1.807) is 0 Å². The second kappa shape index (κ2) is 6.27. The van der Waals surface area contributed by atoms with Crippen LogP contribution < -0.4 is 16.8 Å². The number of hydrogen-bond donors (Lipinski definition) is 3. The third-order valence-electron chi connectivity index (χ3n) is 3.44. The molecule has 1 aliphatic rings. The van der Waals surface area contributed by atoms with Crippen LogP contribution in [0.3, 0.4) is 0 Å². The number of rotatable bonds is 4. The van der Waals surface area contributed by atoms with E-state index >= 15 is 0 Å². The molecule has 1 aromatic rings. The Labute approximate surface area is 123 Å². The molecule has 2 rings (SSSR count). The highest BCUT2D eigenvalue weighted by Crippen LogP contribution is 2.23. The molecule has 0 saturated carbocycles. The number of sulfonamides is 1. The lowest BCUT2D eigenvalue weighted by Gasteiger charge is -2.31. The van der Waals surface area contributed by atoms with E-state index in [2.05, 4.69) is 10.3 Å². The van der Waals surface area contributed by atoms with Crippen molar-refractivity contribution in [3.8, 4) is 0 Å². The fourth-order valence-corrected chi connectivity index (χ4v) is 3.85. The third-order valence-corrected chi connectivity index (χ3v) is 5.29. The minimum Gasteiger partial charge on any atom is -0.384 e. The highest BCUT2D eigenvalue weighted by atomic mass is 32.2. The number of hydrogen-bond acceptors (Lipinski definition) is 5. The SMILES string of the molecule is NC(=O)NCC1CCCN(S(=O)(=O)c2ccc(N)nc2)C1. The Hall–Kier alpha value is -1.87. The van der Waals surface area contributed by atoms with Crippen LogP contribution in [0.25, 0.3) is 0 Å². The van der Waals surface area contributed by atoms with Gasteiger partial charge in [0, 0.05) is 25.8 Å². The zero-order chi connectivity index (χ0) is 15.5. The van der Waals surface area contributed by atoms with Gasteiger partial charge in [-0.2, -0.15) is 4.31 Å². The van der Waals surface area contributed by atoms with Gasteiger partial charge in [-0.05, 0) is 30.9 Å². The number of nitrogen functional groups attached to an aromatic ring is 1. The summed E-state index contributed by atoms with van der Waals surface area (Å²) in [5.41, 5.74) is 10.5. The summed E-state index contributed by atoms with van der Waals surface area (Å²) in [6.07, 6.45) is 2.86. The number of nitrogens with one attached hydrogen (secondary N) is 1. The number of urea groups is 1. The molecule has 1 fully saturated rings. The van der Waals surface area contributed by atoms with Crippen molar-refractivity contribution in [2.45, 2.75) is 17.7 Å². The van der Waals surface area contributed by atoms with Gasteiger partial charge in [0.1, 0.15) is 10.7 Å². The van der Waals surface area contributed by atoms with Crippen LogP contribution in [-0.4, -0.2) is 43.4 Å². The maximum absolute atomic E-state index is 12.5. The number of anilines is 1. The molecule has 0 aliphatic carbocycles. The van der Waals surface area contributed by atoms with Crippen molar-refractivity contribution >= 4 is 21.9 Å². The number of carbonyl (C=O) groups is 1. The lowest BCUT2D eigenvalue weighted by atomic mass is 10.00. The number of piperidine rings is 1. The number of pyridine rings is 1. The van der Waals surface area contributed by atoms with Crippen LogP contribution in [0, 0.1) is 5.92 Å². The summed E-state index contributed by atoms with van der Waals surface area (Å²) in [5, 5.41) is 2.52. The first-order valence-corrected chi connectivity index (χ1v) is 8.08. The molecule has 0 radical (unpaired) electrons. The van der Waals surface area contributed by atoms with Gasteiger partial charge < -0.3 is 16.8 Å². The van der Waals surface area contributed by atoms with E-state index in [1.807, 2.05) is 0 Å². The molecule has 116 valence electrons. The van der Waals surface area contributed by atoms with Gasteiger partial charge in [-0.3, -0.25) is 0 Å². The van der Waals surface area contributed by atoms with Crippen molar-refractivity contribution in [3.63, 3.8) is 0 Å². The Morgan fingerprint density at radius 3 is 2.86 bits per heavy atom. The van der Waals surface area contributed by atoms with Gasteiger partial charge in [0.05, 0.1) is 0 Å². The van der Waals surface area contributed by atoms with Crippen LogP contribution in [0.15, 0.2) is 23.2 Å². The van der Waals surface area contributed by atoms with Gasteiger partial charge in [-0.15, -0.1) is 0 Å². The second-order valence-corrected chi connectivity index (χ2v) is 6.97. The van der Waals surface area contributed by atoms with Crippen molar-refractivity contribution in [1.29, 1.82) is 0 Å². The van der Waals surface area contributed by atoms with Crippen molar-refractivity contribution in [2.75, 3.05) is 25.4 Å². The van der Waals surface area contributed by atoms with E-state index in [1.165, 1.54) is 22.6 Å². The molecule has 0 aromatic carbocycles. The molecule has 2 amide bonds. The molecule has 5 N–H and O–H groups in total. The summed E-state index contributed by atoms with van der Waals surface area (Å²) >= 11 is 0. The normalized spacial score (nSPS) is 20.1. The lowest BCUT2D eigenvalue weighted by Crippen LogP contribution is -2.44. The van der Waals surface area contributed by atoms with Gasteiger partial charge in [-0.1, -0.05) is 0 Å². The number of primary amides is 1. The Morgan fingerprint density at radius 1 is 1.48 bits per heavy atom. The summed E-state index contributed by atoms with van der Waals surface area (Å²) in [5.74, 6) is 0.332. The summed E-state index contributed by atoms with van der Waals surface area (Å²) in [6, 6.07) is 2.31. The third kappa shape index (κ3) is 3.82. The molecule has 21 heavy (non-hydrogen) atoms. The van der Waals surface area contributed by atoms with E-state index in [4.69, 9.17) is 11.5 Å². The Bertz CT molecular complexity index is 602. The number of nitrogens with two attached hydrogens (primary N) is 2. The zero-order valence-corrected chi connectivity index (χ0v) is 12.3. The van der Waals surface area contributed by atoms with Crippen LogP contribution in [0.1, 0.15) is 12.8 Å². The van der Waals surface area contributed by atoms with E-state index < -0.39 is 16.1 Å². The molecule has 1 aromatic heterocycles. The maximum Gasteiger partial charge on any atom is 0.312 e. The van der Waals surface area contributed by atoms with Gasteiger partial charge in [0.25, 0.3) is 0 Å². The van der Waals surface area contributed by atoms with Gasteiger partial charge in [0.2, 0.25) is 10.0 Å². The summed E-state index contributed by atoms with van der Waals surface area (Å²) in [6.45, 7) is 1.19. The van der Waals surface area contributed by atoms with Gasteiger partial charge >= 0.3 is 6.03 Å². The average Bonchev–Trinajstić information content (AvgIpc) is 2.46. The number of amides is 2. The Balaban J connectivity index is 2.09. The average molecular weight is 313 g/mol. The summed E-state index contributed by atoms with van der Waals surface area (Å²) < 4.78 is 26.4. The molecule has 0 spiro atoms. The predicted molar refractivity (Wildman–Crippen MR) is 77.7 cm³/mol. The largest absolute Gasteiger partial charge is 0.384 e. The van der Waals surface area contributed by atoms with Crippen LogP contribution in [0.2, 0.25) is 0 Å². The lowest BCUT2D eigenvalue weighted by molar-refractivity contribution is 0.236. The Kier molecular flexibility index (Phi) is 4.63. The van der Waals surface area contributed by atoms with E-state index in [0.29, 0.717) is 19.6 Å². The van der Waals surface area contributed by atoms with Gasteiger partial charge in [0.15, 0.2) is 0 Å². The molecule has 9 heteroatoms. The summed E-state index contributed by atoms with van der Waals surface area (Å²) in [4.78, 5) is 14.7. The minimum absolute atomic E-state index is 0.0581. The molecular weight excluding hydrogens is 294 g/mol. The predicted octanol–water partition coefficient (Wildman–Crippen LogP) is -0.267. The van der Waals surface area contributed by atoms with E-state index in [-0.39, 0.29) is 16.6 Å². The highest BCUT2D eigenvalue weighted by Gasteiger charge is 2.30. The first kappa shape index (κ1) is 15.5. The van der Waals surface area contributed by atoms with E-state index in [9.17, 15) is 13.2 Å². The standard InChI is InChI=1S/C12H19N5O3S/c13-11-4-3-10(7-15-11)21(19,20)17-5-1-2-9(8-17)6-16-12(14)18/h3-4,7,9H,1-2,5-6,8H2,(H2,13,15)(H3,14,16,18). The smallest absolute Gasteiger partial charge is 0.312 e. The molecule has 8 nitrogen and oxygen atoms in total. The van der Waals surface area contributed by atoms with Crippen molar-refractivity contribution < 1.29 is 13.2 Å². The Morgan fingerprint density at radius 2 is 2.24 bits per heavy atom.